The predicted molar refractivity (Wildman–Crippen MR) is 67.6 cm³/mol. The number of amides is 3. The number of carboxylic acid groups (broad SMARTS) is 1. The topological polar surface area (TPSA) is 154 Å². The van der Waals surface area contributed by atoms with Crippen LogP contribution in [0.5, 0.6) is 11.5 Å². The Morgan fingerprint density at radius 1 is 1.30 bits per heavy atom. The lowest BCUT2D eigenvalue weighted by atomic mass is 10.1. The van der Waals surface area contributed by atoms with Gasteiger partial charge in [0.15, 0.2) is 18.1 Å². The number of imide groups is 1. The van der Waals surface area contributed by atoms with Gasteiger partial charge in [0.05, 0.1) is 18.4 Å². The molecule has 0 fully saturated rings. The smallest absolute Gasteiger partial charge is 0.337 e. The molecular formula is C11H13N3O6. The first kappa shape index (κ1) is 15.1. The molecule has 9 heteroatoms. The number of ether oxygens (including phenoxy) is 2. The highest BCUT2D eigenvalue weighted by atomic mass is 16.5. The van der Waals surface area contributed by atoms with Crippen molar-refractivity contribution in [3.63, 3.8) is 0 Å². The van der Waals surface area contributed by atoms with Gasteiger partial charge in [-0.3, -0.25) is 10.1 Å². The van der Waals surface area contributed by atoms with Crippen molar-refractivity contribution in [2.24, 2.45) is 5.73 Å². The van der Waals surface area contributed by atoms with Crippen LogP contribution in [0.15, 0.2) is 12.1 Å². The first-order chi connectivity index (χ1) is 9.35. The lowest BCUT2D eigenvalue weighted by Gasteiger charge is -2.12. The van der Waals surface area contributed by atoms with Crippen LogP contribution in [0, 0.1) is 0 Å². The molecule has 0 radical (unpaired) electrons. The maximum Gasteiger partial charge on any atom is 0.337 e. The number of aromatic carboxylic acids is 1. The van der Waals surface area contributed by atoms with Gasteiger partial charge in [0.2, 0.25) is 0 Å². The van der Waals surface area contributed by atoms with Crippen LogP contribution in [0.1, 0.15) is 10.4 Å². The number of benzene rings is 1. The second-order valence-electron chi connectivity index (χ2n) is 3.60. The molecule has 0 aliphatic rings. The van der Waals surface area contributed by atoms with Crippen molar-refractivity contribution >= 4 is 23.6 Å². The van der Waals surface area contributed by atoms with Gasteiger partial charge in [0.1, 0.15) is 0 Å². The van der Waals surface area contributed by atoms with Crippen molar-refractivity contribution in [3.8, 4) is 11.5 Å². The van der Waals surface area contributed by atoms with Crippen LogP contribution in [0.4, 0.5) is 10.5 Å². The van der Waals surface area contributed by atoms with Gasteiger partial charge in [-0.15, -0.1) is 0 Å². The van der Waals surface area contributed by atoms with E-state index < -0.39 is 24.5 Å². The van der Waals surface area contributed by atoms with E-state index in [1.165, 1.54) is 13.2 Å². The number of primary amides is 1. The maximum absolute atomic E-state index is 11.2. The number of hydrogen-bond acceptors (Lipinski definition) is 6. The van der Waals surface area contributed by atoms with E-state index in [-0.39, 0.29) is 22.7 Å². The number of nitrogens with two attached hydrogens (primary N) is 2. The van der Waals surface area contributed by atoms with E-state index in [0.717, 1.165) is 6.07 Å². The first-order valence-corrected chi connectivity index (χ1v) is 5.28. The lowest BCUT2D eigenvalue weighted by Crippen LogP contribution is -2.38. The molecule has 0 aromatic heterocycles. The molecule has 0 atom stereocenters. The predicted octanol–water partition coefficient (Wildman–Crippen LogP) is -0.451. The molecule has 108 valence electrons. The Morgan fingerprint density at radius 2 is 1.95 bits per heavy atom. The Kier molecular flexibility index (Phi) is 4.73. The van der Waals surface area contributed by atoms with E-state index in [9.17, 15) is 14.4 Å². The van der Waals surface area contributed by atoms with Gasteiger partial charge in [-0.05, 0) is 0 Å². The van der Waals surface area contributed by atoms with Gasteiger partial charge < -0.3 is 26.0 Å². The van der Waals surface area contributed by atoms with Gasteiger partial charge in [-0.25, -0.2) is 9.59 Å². The van der Waals surface area contributed by atoms with Crippen molar-refractivity contribution in [2.75, 3.05) is 19.5 Å². The summed E-state index contributed by atoms with van der Waals surface area (Å²) in [5, 5.41) is 10.7. The van der Waals surface area contributed by atoms with Crippen molar-refractivity contribution < 1.29 is 29.0 Å². The van der Waals surface area contributed by atoms with Crippen LogP contribution in [0.3, 0.4) is 0 Å². The molecular weight excluding hydrogens is 270 g/mol. The Balaban J connectivity index is 2.93. The number of carbonyl (C=O) groups excluding carboxylic acids is 2. The van der Waals surface area contributed by atoms with Crippen molar-refractivity contribution in [1.29, 1.82) is 0 Å². The van der Waals surface area contributed by atoms with Crippen LogP contribution >= 0.6 is 0 Å². The summed E-state index contributed by atoms with van der Waals surface area (Å²) in [6.07, 6.45) is 0. The SMILES string of the molecule is COc1cc(N)c(C(=O)O)cc1OCC(=O)NC(N)=O. The fourth-order valence-electron chi connectivity index (χ4n) is 1.35. The molecule has 9 nitrogen and oxygen atoms in total. The number of urea groups is 1. The van der Waals surface area contributed by atoms with Crippen LogP contribution < -0.4 is 26.3 Å². The van der Waals surface area contributed by atoms with E-state index in [1.807, 2.05) is 0 Å². The summed E-state index contributed by atoms with van der Waals surface area (Å²) in [7, 11) is 1.32. The largest absolute Gasteiger partial charge is 0.493 e. The number of nitrogen functional groups attached to an aromatic ring is 1. The van der Waals surface area contributed by atoms with E-state index in [4.69, 9.17) is 26.0 Å². The van der Waals surface area contributed by atoms with E-state index in [2.05, 4.69) is 0 Å². The normalized spacial score (nSPS) is 9.65. The van der Waals surface area contributed by atoms with Gasteiger partial charge in [0, 0.05) is 12.1 Å². The lowest BCUT2D eigenvalue weighted by molar-refractivity contribution is -0.121. The Morgan fingerprint density at radius 3 is 2.45 bits per heavy atom. The average Bonchev–Trinajstić information content (AvgIpc) is 2.35. The van der Waals surface area contributed by atoms with E-state index >= 15 is 0 Å². The molecule has 3 amide bonds. The third kappa shape index (κ3) is 3.77. The molecule has 0 heterocycles. The summed E-state index contributed by atoms with van der Waals surface area (Å²) in [5.41, 5.74) is 10.1. The number of rotatable bonds is 5. The molecule has 0 saturated heterocycles. The molecule has 0 unspecified atom stereocenters. The molecule has 1 aromatic carbocycles. The minimum atomic E-state index is -1.25. The molecule has 1 aromatic rings. The van der Waals surface area contributed by atoms with Crippen molar-refractivity contribution in [1.82, 2.24) is 5.32 Å². The third-order valence-corrected chi connectivity index (χ3v) is 2.19. The molecule has 0 bridgehead atoms. The Hall–Kier alpha value is -2.97. The number of methoxy groups -OCH3 is 1. The molecule has 6 N–H and O–H groups in total. The maximum atomic E-state index is 11.2. The summed E-state index contributed by atoms with van der Waals surface area (Å²) >= 11 is 0. The number of carboxylic acids is 1. The summed E-state index contributed by atoms with van der Waals surface area (Å²) < 4.78 is 10.0. The zero-order valence-electron chi connectivity index (χ0n) is 10.5. The molecule has 0 aliphatic heterocycles. The standard InChI is InChI=1S/C11H13N3O6/c1-19-7-3-6(12)5(10(16)17)2-8(7)20-4-9(15)14-11(13)18/h2-3H,4,12H2,1H3,(H,16,17)(H3,13,14,15,18). The van der Waals surface area contributed by atoms with Gasteiger partial charge in [-0.1, -0.05) is 0 Å². The monoisotopic (exact) mass is 283 g/mol. The Bertz CT molecular complexity index is 557. The summed E-state index contributed by atoms with van der Waals surface area (Å²) in [6.45, 7) is -0.539. The molecule has 1 rings (SSSR count). The molecule has 0 aliphatic carbocycles. The zero-order valence-corrected chi connectivity index (χ0v) is 10.5. The number of nitrogens with one attached hydrogen (secondary N) is 1. The minimum Gasteiger partial charge on any atom is -0.493 e. The highest BCUT2D eigenvalue weighted by molar-refractivity contribution is 5.95. The highest BCUT2D eigenvalue weighted by Gasteiger charge is 2.16. The van der Waals surface area contributed by atoms with Gasteiger partial charge >= 0.3 is 12.0 Å². The van der Waals surface area contributed by atoms with Crippen LogP contribution in [0.2, 0.25) is 0 Å². The van der Waals surface area contributed by atoms with Gasteiger partial charge in [0.25, 0.3) is 5.91 Å². The number of anilines is 1. The van der Waals surface area contributed by atoms with Crippen LogP contribution in [-0.4, -0.2) is 36.7 Å². The van der Waals surface area contributed by atoms with Crippen LogP contribution in [-0.2, 0) is 4.79 Å². The fourth-order valence-corrected chi connectivity index (χ4v) is 1.35. The molecule has 20 heavy (non-hydrogen) atoms. The summed E-state index contributed by atoms with van der Waals surface area (Å²) in [4.78, 5) is 32.6. The minimum absolute atomic E-state index is 0.00118. The van der Waals surface area contributed by atoms with E-state index in [1.54, 1.807) is 5.32 Å². The zero-order chi connectivity index (χ0) is 15.3. The number of hydrogen-bond donors (Lipinski definition) is 4. The second-order valence-corrected chi connectivity index (χ2v) is 3.60. The average molecular weight is 283 g/mol. The summed E-state index contributed by atoms with van der Waals surface area (Å²) in [6, 6.07) is 1.35. The first-order valence-electron chi connectivity index (χ1n) is 5.28. The molecule has 0 spiro atoms. The van der Waals surface area contributed by atoms with Crippen LogP contribution in [0.25, 0.3) is 0 Å². The third-order valence-electron chi connectivity index (χ3n) is 2.19. The van der Waals surface area contributed by atoms with Gasteiger partial charge in [-0.2, -0.15) is 0 Å². The summed E-state index contributed by atoms with van der Waals surface area (Å²) in [5.74, 6) is -1.89. The second kappa shape index (κ2) is 6.27. The van der Waals surface area contributed by atoms with Crippen molar-refractivity contribution in [2.45, 2.75) is 0 Å². The quantitative estimate of drug-likeness (QED) is 0.533. The van der Waals surface area contributed by atoms with Crippen molar-refractivity contribution in [3.05, 3.63) is 17.7 Å². The fraction of sp³-hybridized carbons (Fsp3) is 0.182. The number of carbonyl (C=O) groups is 3. The molecule has 0 saturated carbocycles. The Labute approximate surface area is 113 Å². The highest BCUT2D eigenvalue weighted by Crippen LogP contribution is 2.32. The van der Waals surface area contributed by atoms with E-state index in [0.29, 0.717) is 0 Å².